The number of benzene rings is 2. The maximum absolute atomic E-state index is 9.86. The number of aliphatic hydroxyl groups is 1. The molecule has 0 spiro atoms. The predicted molar refractivity (Wildman–Crippen MR) is 70.8 cm³/mol. The second kappa shape index (κ2) is 5.27. The number of fused-ring (bicyclic) bond motifs is 1. The van der Waals surface area contributed by atoms with Crippen molar-refractivity contribution in [2.24, 2.45) is 5.73 Å². The molecule has 2 aromatic rings. The van der Waals surface area contributed by atoms with E-state index in [2.05, 4.69) is 29.6 Å². The zero-order valence-corrected chi connectivity index (χ0v) is 9.93. The van der Waals surface area contributed by atoms with E-state index in [-0.39, 0.29) is 12.6 Å². The summed E-state index contributed by atoms with van der Waals surface area (Å²) in [4.78, 5) is 0. The molecule has 0 amide bonds. The topological polar surface area (TPSA) is 58.3 Å². The van der Waals surface area contributed by atoms with Gasteiger partial charge in [-0.25, -0.2) is 0 Å². The van der Waals surface area contributed by atoms with Crippen LogP contribution in [0, 0.1) is 0 Å². The van der Waals surface area contributed by atoms with E-state index in [0.717, 1.165) is 5.56 Å². The number of hydrogen-bond acceptors (Lipinski definition) is 3. The second-order valence-corrected chi connectivity index (χ2v) is 4.18. The number of nitrogens with one attached hydrogen (secondary N) is 1. The Bertz CT molecular complexity index is 498. The number of likely N-dealkylation sites (N-methyl/N-ethyl adjacent to an activating group) is 1. The summed E-state index contributed by atoms with van der Waals surface area (Å²) < 4.78 is 0. The Morgan fingerprint density at radius 2 is 1.88 bits per heavy atom. The van der Waals surface area contributed by atoms with Crippen molar-refractivity contribution >= 4 is 10.8 Å². The van der Waals surface area contributed by atoms with Gasteiger partial charge in [-0.15, -0.1) is 0 Å². The smallest absolute Gasteiger partial charge is 0.0856 e. The summed E-state index contributed by atoms with van der Waals surface area (Å²) in [5.41, 5.74) is 6.57. The van der Waals surface area contributed by atoms with Crippen molar-refractivity contribution in [3.05, 3.63) is 48.0 Å². The first kappa shape index (κ1) is 12.0. The van der Waals surface area contributed by atoms with E-state index >= 15 is 0 Å². The summed E-state index contributed by atoms with van der Waals surface area (Å²) in [6.07, 6.45) is -0.568. The van der Waals surface area contributed by atoms with Gasteiger partial charge in [-0.1, -0.05) is 36.4 Å². The first-order chi connectivity index (χ1) is 8.26. The van der Waals surface area contributed by atoms with Crippen LogP contribution in [-0.2, 0) is 0 Å². The lowest BCUT2D eigenvalue weighted by Crippen LogP contribution is -2.34. The minimum Gasteiger partial charge on any atom is -0.390 e. The molecule has 3 heteroatoms. The normalized spacial score (nSPS) is 14.8. The Labute approximate surface area is 101 Å². The lowest BCUT2D eigenvalue weighted by atomic mass is 9.98. The van der Waals surface area contributed by atoms with E-state index < -0.39 is 6.10 Å². The quantitative estimate of drug-likeness (QED) is 0.744. The molecule has 2 atom stereocenters. The van der Waals surface area contributed by atoms with Gasteiger partial charge in [0.1, 0.15) is 0 Å². The summed E-state index contributed by atoms with van der Waals surface area (Å²) in [6.45, 7) is 0.248. The lowest BCUT2D eigenvalue weighted by Gasteiger charge is -2.22. The van der Waals surface area contributed by atoms with Gasteiger partial charge in [0.2, 0.25) is 0 Å². The molecule has 17 heavy (non-hydrogen) atoms. The maximum Gasteiger partial charge on any atom is 0.0856 e. The Morgan fingerprint density at radius 1 is 1.18 bits per heavy atom. The zero-order chi connectivity index (χ0) is 12.3. The van der Waals surface area contributed by atoms with Crippen LogP contribution < -0.4 is 11.1 Å². The molecule has 0 heterocycles. The van der Waals surface area contributed by atoms with Crippen molar-refractivity contribution in [3.8, 4) is 0 Å². The van der Waals surface area contributed by atoms with Gasteiger partial charge >= 0.3 is 0 Å². The van der Waals surface area contributed by atoms with Gasteiger partial charge < -0.3 is 16.2 Å². The molecule has 0 saturated carbocycles. The average Bonchev–Trinajstić information content (AvgIpc) is 2.39. The molecule has 0 aromatic heterocycles. The molecule has 3 nitrogen and oxygen atoms in total. The van der Waals surface area contributed by atoms with Crippen LogP contribution >= 0.6 is 0 Å². The average molecular weight is 230 g/mol. The van der Waals surface area contributed by atoms with Gasteiger partial charge in [-0.05, 0) is 29.4 Å². The molecule has 0 aliphatic carbocycles. The second-order valence-electron chi connectivity index (χ2n) is 4.18. The molecule has 0 radical (unpaired) electrons. The van der Waals surface area contributed by atoms with Crippen molar-refractivity contribution in [2.45, 2.75) is 12.1 Å². The highest BCUT2D eigenvalue weighted by Crippen LogP contribution is 2.22. The van der Waals surface area contributed by atoms with E-state index in [0.29, 0.717) is 0 Å². The molecule has 2 aromatic carbocycles. The highest BCUT2D eigenvalue weighted by molar-refractivity contribution is 5.83. The Morgan fingerprint density at radius 3 is 2.53 bits per heavy atom. The third-order valence-electron chi connectivity index (χ3n) is 3.07. The molecule has 0 saturated heterocycles. The highest BCUT2D eigenvalue weighted by Gasteiger charge is 2.17. The van der Waals surface area contributed by atoms with Crippen molar-refractivity contribution in [2.75, 3.05) is 13.6 Å². The number of nitrogens with two attached hydrogens (primary N) is 1. The molecule has 0 aliphatic heterocycles. The molecule has 0 bridgehead atoms. The fraction of sp³-hybridized carbons (Fsp3) is 0.286. The van der Waals surface area contributed by atoms with Crippen LogP contribution in [-0.4, -0.2) is 24.8 Å². The van der Waals surface area contributed by atoms with Gasteiger partial charge in [-0.3, -0.25) is 0 Å². The summed E-state index contributed by atoms with van der Waals surface area (Å²) in [6, 6.07) is 14.2. The minimum atomic E-state index is -0.568. The van der Waals surface area contributed by atoms with E-state index in [4.69, 9.17) is 5.73 Å². The molecule has 4 N–H and O–H groups in total. The van der Waals surface area contributed by atoms with Crippen molar-refractivity contribution in [1.82, 2.24) is 5.32 Å². The van der Waals surface area contributed by atoms with Gasteiger partial charge in [0, 0.05) is 6.54 Å². The van der Waals surface area contributed by atoms with Crippen LogP contribution in [0.4, 0.5) is 0 Å². The third-order valence-corrected chi connectivity index (χ3v) is 3.07. The van der Waals surface area contributed by atoms with Crippen LogP contribution in [0.3, 0.4) is 0 Å². The molecule has 2 unspecified atom stereocenters. The Kier molecular flexibility index (Phi) is 3.74. The Hall–Kier alpha value is -1.42. The number of hydrogen-bond donors (Lipinski definition) is 3. The van der Waals surface area contributed by atoms with Gasteiger partial charge in [-0.2, -0.15) is 0 Å². The fourth-order valence-corrected chi connectivity index (χ4v) is 2.12. The van der Waals surface area contributed by atoms with E-state index in [1.165, 1.54) is 10.8 Å². The summed E-state index contributed by atoms with van der Waals surface area (Å²) in [5, 5.41) is 15.3. The van der Waals surface area contributed by atoms with Crippen molar-refractivity contribution in [1.29, 1.82) is 0 Å². The molecule has 0 aliphatic rings. The molecule has 90 valence electrons. The van der Waals surface area contributed by atoms with Crippen LogP contribution in [0.1, 0.15) is 11.6 Å². The molecular formula is C14H18N2O. The van der Waals surface area contributed by atoms with Crippen LogP contribution in [0.25, 0.3) is 10.8 Å². The maximum atomic E-state index is 9.86. The van der Waals surface area contributed by atoms with E-state index in [1.807, 2.05) is 25.2 Å². The first-order valence-corrected chi connectivity index (χ1v) is 5.80. The summed E-state index contributed by atoms with van der Waals surface area (Å²) >= 11 is 0. The third kappa shape index (κ3) is 2.47. The molecule has 0 fully saturated rings. The van der Waals surface area contributed by atoms with Crippen molar-refractivity contribution in [3.63, 3.8) is 0 Å². The predicted octanol–water partition coefficient (Wildman–Crippen LogP) is 1.42. The number of aliphatic hydroxyl groups excluding tert-OH is 1. The van der Waals surface area contributed by atoms with Crippen LogP contribution in [0.2, 0.25) is 0 Å². The van der Waals surface area contributed by atoms with Crippen LogP contribution in [0.5, 0.6) is 0 Å². The zero-order valence-electron chi connectivity index (χ0n) is 9.93. The largest absolute Gasteiger partial charge is 0.390 e. The molecule has 2 rings (SSSR count). The van der Waals surface area contributed by atoms with E-state index in [9.17, 15) is 5.11 Å². The van der Waals surface area contributed by atoms with Crippen molar-refractivity contribution < 1.29 is 5.11 Å². The standard InChI is InChI=1S/C14H18N2O/c1-16-14(13(17)9-15)12-7-6-10-4-2-3-5-11(10)8-12/h2-8,13-14,16-17H,9,15H2,1H3. The van der Waals surface area contributed by atoms with Crippen LogP contribution in [0.15, 0.2) is 42.5 Å². The lowest BCUT2D eigenvalue weighted by molar-refractivity contribution is 0.139. The minimum absolute atomic E-state index is 0.121. The summed E-state index contributed by atoms with van der Waals surface area (Å²) in [7, 11) is 1.83. The van der Waals surface area contributed by atoms with Gasteiger partial charge in [0.05, 0.1) is 12.1 Å². The fourth-order valence-electron chi connectivity index (χ4n) is 2.12. The molecular weight excluding hydrogens is 212 g/mol. The Balaban J connectivity index is 2.40. The van der Waals surface area contributed by atoms with E-state index in [1.54, 1.807) is 0 Å². The summed E-state index contributed by atoms with van der Waals surface area (Å²) in [5.74, 6) is 0. The number of rotatable bonds is 4. The SMILES string of the molecule is CNC(c1ccc2ccccc2c1)C(O)CN. The highest BCUT2D eigenvalue weighted by atomic mass is 16.3. The van der Waals surface area contributed by atoms with Gasteiger partial charge in [0.25, 0.3) is 0 Å². The van der Waals surface area contributed by atoms with Gasteiger partial charge in [0.15, 0.2) is 0 Å². The monoisotopic (exact) mass is 230 g/mol. The first-order valence-electron chi connectivity index (χ1n) is 5.80.